The molecule has 2 heterocycles. The van der Waals surface area contributed by atoms with E-state index in [-0.39, 0.29) is 18.3 Å². The molecule has 35 heavy (non-hydrogen) atoms. The minimum Gasteiger partial charge on any atom is -0.470 e. The van der Waals surface area contributed by atoms with Crippen molar-refractivity contribution in [3.05, 3.63) is 108 Å². The number of aliphatic imine (C=N–C) groups is 1. The van der Waals surface area contributed by atoms with Gasteiger partial charge < -0.3 is 23.7 Å². The summed E-state index contributed by atoms with van der Waals surface area (Å²) in [5.41, 5.74) is 3.28. The largest absolute Gasteiger partial charge is 0.470 e. The summed E-state index contributed by atoms with van der Waals surface area (Å²) >= 11 is 0. The molecular formula is C29H31NO5. The van der Waals surface area contributed by atoms with Crippen molar-refractivity contribution in [2.24, 2.45) is 4.99 Å². The Morgan fingerprint density at radius 1 is 0.686 bits per heavy atom. The summed E-state index contributed by atoms with van der Waals surface area (Å²) < 4.78 is 31.4. The summed E-state index contributed by atoms with van der Waals surface area (Å²) in [4.78, 5) is 4.57. The number of rotatable bonds is 10. The van der Waals surface area contributed by atoms with E-state index in [0.29, 0.717) is 32.3 Å². The molecule has 0 aliphatic carbocycles. The van der Waals surface area contributed by atoms with E-state index in [2.05, 4.69) is 4.99 Å². The summed E-state index contributed by atoms with van der Waals surface area (Å²) in [6, 6.07) is 30.3. The lowest BCUT2D eigenvalue weighted by Crippen LogP contribution is -2.59. The predicted molar refractivity (Wildman–Crippen MR) is 133 cm³/mol. The fourth-order valence-electron chi connectivity index (χ4n) is 4.46. The molecule has 0 radical (unpaired) electrons. The zero-order chi connectivity index (χ0) is 23.9. The first-order valence-electron chi connectivity index (χ1n) is 12.1. The highest BCUT2D eigenvalue weighted by Gasteiger charge is 2.51. The van der Waals surface area contributed by atoms with Crippen molar-refractivity contribution in [3.63, 3.8) is 0 Å². The Morgan fingerprint density at radius 3 is 1.77 bits per heavy atom. The maximum absolute atomic E-state index is 6.47. The third kappa shape index (κ3) is 6.16. The van der Waals surface area contributed by atoms with E-state index < -0.39 is 12.3 Å². The first-order valence-corrected chi connectivity index (χ1v) is 12.1. The third-order valence-electron chi connectivity index (χ3n) is 6.19. The molecule has 0 spiro atoms. The molecule has 2 aliphatic rings. The Hall–Kier alpha value is -3.03. The SMILES string of the molecule is CC1=N[C@H]2O[C@H](COCc3ccccc3)[C@@H](OCc3ccccc3)[C@H](OCc3ccccc3)[C@H]2O1. The van der Waals surface area contributed by atoms with Crippen molar-refractivity contribution >= 4 is 5.90 Å². The fourth-order valence-corrected chi connectivity index (χ4v) is 4.46. The summed E-state index contributed by atoms with van der Waals surface area (Å²) in [6.45, 7) is 3.58. The Labute approximate surface area is 206 Å². The lowest BCUT2D eigenvalue weighted by Gasteiger charge is -2.42. The van der Waals surface area contributed by atoms with Crippen molar-refractivity contribution in [1.29, 1.82) is 0 Å². The van der Waals surface area contributed by atoms with Gasteiger partial charge in [-0.3, -0.25) is 0 Å². The molecule has 6 heteroatoms. The number of benzene rings is 3. The predicted octanol–water partition coefficient (Wildman–Crippen LogP) is 4.92. The second kappa shape index (κ2) is 11.6. The van der Waals surface area contributed by atoms with Gasteiger partial charge in [-0.05, 0) is 16.7 Å². The topological polar surface area (TPSA) is 58.5 Å². The molecule has 0 N–H and O–H groups in total. The van der Waals surface area contributed by atoms with Gasteiger partial charge >= 0.3 is 0 Å². The quantitative estimate of drug-likeness (QED) is 0.419. The van der Waals surface area contributed by atoms with Crippen LogP contribution in [0.5, 0.6) is 0 Å². The molecule has 5 atom stereocenters. The number of ether oxygens (including phenoxy) is 5. The number of nitrogens with zero attached hydrogens (tertiary/aromatic N) is 1. The third-order valence-corrected chi connectivity index (χ3v) is 6.19. The zero-order valence-corrected chi connectivity index (χ0v) is 19.9. The van der Waals surface area contributed by atoms with E-state index in [0.717, 1.165) is 16.7 Å². The molecule has 182 valence electrons. The molecule has 0 aromatic heterocycles. The molecule has 0 saturated carbocycles. The van der Waals surface area contributed by atoms with Crippen LogP contribution in [0.25, 0.3) is 0 Å². The van der Waals surface area contributed by atoms with Crippen LogP contribution in [-0.4, -0.2) is 43.1 Å². The highest BCUT2D eigenvalue weighted by molar-refractivity contribution is 5.75. The lowest BCUT2D eigenvalue weighted by atomic mass is 9.97. The Balaban J connectivity index is 1.33. The fraction of sp³-hybridized carbons (Fsp3) is 0.345. The molecular weight excluding hydrogens is 442 g/mol. The van der Waals surface area contributed by atoms with Gasteiger partial charge in [-0.25, -0.2) is 4.99 Å². The van der Waals surface area contributed by atoms with Crippen LogP contribution in [0.3, 0.4) is 0 Å². The number of hydrogen-bond acceptors (Lipinski definition) is 6. The van der Waals surface area contributed by atoms with Gasteiger partial charge in [0.1, 0.15) is 18.3 Å². The summed E-state index contributed by atoms with van der Waals surface area (Å²) in [5, 5.41) is 0. The maximum Gasteiger partial charge on any atom is 0.191 e. The number of hydrogen-bond donors (Lipinski definition) is 0. The van der Waals surface area contributed by atoms with Crippen molar-refractivity contribution in [1.82, 2.24) is 0 Å². The standard InChI is InChI=1S/C29H31NO5/c1-21-30-29-28(34-21)27(33-19-24-15-9-4-10-16-24)26(32-18-23-13-7-3-8-14-23)25(35-29)20-31-17-22-11-5-2-6-12-22/h2-16,25-29H,17-20H2,1H3/t25-,26-,27+,28-,29+/m1/s1. The Bertz CT molecular complexity index is 1080. The van der Waals surface area contributed by atoms with Crippen LogP contribution >= 0.6 is 0 Å². The van der Waals surface area contributed by atoms with Gasteiger partial charge in [0.15, 0.2) is 18.2 Å². The van der Waals surface area contributed by atoms with E-state index in [4.69, 9.17) is 23.7 Å². The van der Waals surface area contributed by atoms with Crippen LogP contribution in [0.15, 0.2) is 96.0 Å². The molecule has 6 nitrogen and oxygen atoms in total. The highest BCUT2D eigenvalue weighted by Crippen LogP contribution is 2.33. The number of fused-ring (bicyclic) bond motifs is 1. The van der Waals surface area contributed by atoms with Crippen LogP contribution in [0.4, 0.5) is 0 Å². The molecule has 3 aromatic rings. The molecule has 0 amide bonds. The summed E-state index contributed by atoms with van der Waals surface area (Å²) in [5.74, 6) is 0.598. The normalized spacial score (nSPS) is 25.5. The van der Waals surface area contributed by atoms with Gasteiger partial charge in [0.2, 0.25) is 0 Å². The lowest BCUT2D eigenvalue weighted by molar-refractivity contribution is -0.249. The van der Waals surface area contributed by atoms with Crippen LogP contribution in [0.2, 0.25) is 0 Å². The average molecular weight is 474 g/mol. The van der Waals surface area contributed by atoms with E-state index in [1.165, 1.54) is 0 Å². The second-order valence-electron chi connectivity index (χ2n) is 8.82. The molecule has 0 bridgehead atoms. The summed E-state index contributed by atoms with van der Waals surface area (Å²) in [7, 11) is 0. The monoisotopic (exact) mass is 473 g/mol. The van der Waals surface area contributed by atoms with Gasteiger partial charge in [-0.15, -0.1) is 0 Å². The zero-order valence-electron chi connectivity index (χ0n) is 19.9. The van der Waals surface area contributed by atoms with Crippen molar-refractivity contribution in [2.75, 3.05) is 6.61 Å². The molecule has 5 rings (SSSR count). The Kier molecular flexibility index (Phi) is 7.85. The van der Waals surface area contributed by atoms with Gasteiger partial charge in [-0.2, -0.15) is 0 Å². The average Bonchev–Trinajstić information content (AvgIpc) is 3.28. The highest BCUT2D eigenvalue weighted by atomic mass is 16.6. The van der Waals surface area contributed by atoms with Crippen molar-refractivity contribution < 1.29 is 23.7 Å². The molecule has 0 unspecified atom stereocenters. The van der Waals surface area contributed by atoms with E-state index in [1.54, 1.807) is 0 Å². The summed E-state index contributed by atoms with van der Waals surface area (Å²) in [6.07, 6.45) is -1.94. The van der Waals surface area contributed by atoms with Crippen LogP contribution in [0, 0.1) is 0 Å². The minimum absolute atomic E-state index is 0.358. The van der Waals surface area contributed by atoms with E-state index in [1.807, 2.05) is 97.9 Å². The maximum atomic E-state index is 6.47. The van der Waals surface area contributed by atoms with E-state index >= 15 is 0 Å². The molecule has 2 aliphatic heterocycles. The molecule has 3 aromatic carbocycles. The van der Waals surface area contributed by atoms with Gasteiger partial charge in [0.25, 0.3) is 0 Å². The Morgan fingerprint density at radius 2 is 1.20 bits per heavy atom. The van der Waals surface area contributed by atoms with Crippen molar-refractivity contribution in [3.8, 4) is 0 Å². The first kappa shape index (κ1) is 23.7. The minimum atomic E-state index is -0.447. The smallest absolute Gasteiger partial charge is 0.191 e. The van der Waals surface area contributed by atoms with E-state index in [9.17, 15) is 0 Å². The van der Waals surface area contributed by atoms with Crippen LogP contribution in [0.1, 0.15) is 23.6 Å². The molecule has 1 fully saturated rings. The van der Waals surface area contributed by atoms with Crippen molar-refractivity contribution in [2.45, 2.75) is 57.4 Å². The molecule has 1 saturated heterocycles. The van der Waals surface area contributed by atoms with Crippen LogP contribution < -0.4 is 0 Å². The van der Waals surface area contributed by atoms with Gasteiger partial charge in [-0.1, -0.05) is 91.0 Å². The first-order chi connectivity index (χ1) is 17.3. The second-order valence-corrected chi connectivity index (χ2v) is 8.82. The van der Waals surface area contributed by atoms with Crippen LogP contribution in [-0.2, 0) is 43.5 Å². The van der Waals surface area contributed by atoms with Gasteiger partial charge in [0, 0.05) is 6.92 Å². The van der Waals surface area contributed by atoms with Gasteiger partial charge in [0.05, 0.1) is 26.4 Å².